The van der Waals surface area contributed by atoms with Gasteiger partial charge in [0.2, 0.25) is 10.6 Å². The molecule has 0 radical (unpaired) electrons. The molecule has 1 aromatic carbocycles. The molecule has 76 valence electrons. The lowest BCUT2D eigenvalue weighted by Crippen LogP contribution is -2.40. The molecule has 0 aliphatic rings. The van der Waals surface area contributed by atoms with Crippen LogP contribution < -0.4 is 9.58 Å². The highest BCUT2D eigenvalue weighted by Gasteiger charge is 2.18. The summed E-state index contributed by atoms with van der Waals surface area (Å²) in [5.41, 5.74) is -0.368. The lowest BCUT2D eigenvalue weighted by atomic mass is 10.3. The van der Waals surface area contributed by atoms with Gasteiger partial charge in [0.15, 0.2) is 0 Å². The average molecular weight is 208 g/mol. The standard InChI is InChI=1S/C7H4N4O4/c12-9-4-8-10(13)7-3-5(11(14)15)1-2-6(7)9/h1-4H. The van der Waals surface area contributed by atoms with Crippen molar-refractivity contribution in [2.24, 2.45) is 0 Å². The van der Waals surface area contributed by atoms with Crippen LogP contribution in [0.15, 0.2) is 24.5 Å². The van der Waals surface area contributed by atoms with Gasteiger partial charge >= 0.3 is 11.8 Å². The second kappa shape index (κ2) is 3.01. The Hall–Kier alpha value is -2.51. The van der Waals surface area contributed by atoms with Crippen molar-refractivity contribution in [3.8, 4) is 0 Å². The molecule has 0 bridgehead atoms. The molecule has 15 heavy (non-hydrogen) atoms. The maximum Gasteiger partial charge on any atom is 0.365 e. The zero-order chi connectivity index (χ0) is 11.0. The summed E-state index contributed by atoms with van der Waals surface area (Å²) in [4.78, 5) is 9.94. The third-order valence-corrected chi connectivity index (χ3v) is 1.87. The van der Waals surface area contributed by atoms with E-state index < -0.39 is 4.92 Å². The van der Waals surface area contributed by atoms with Gasteiger partial charge in [-0.15, -0.1) is 0 Å². The molecule has 0 N–H and O–H groups in total. The number of non-ortho nitro benzene ring substituents is 1. The second-order valence-corrected chi connectivity index (χ2v) is 2.76. The number of hydrogen-bond donors (Lipinski definition) is 0. The van der Waals surface area contributed by atoms with Gasteiger partial charge in [0.05, 0.1) is 15.8 Å². The van der Waals surface area contributed by atoms with E-state index in [0.29, 0.717) is 4.73 Å². The summed E-state index contributed by atoms with van der Waals surface area (Å²) in [7, 11) is 0. The van der Waals surface area contributed by atoms with Gasteiger partial charge in [0, 0.05) is 6.07 Å². The molecule has 0 aliphatic heterocycles. The van der Waals surface area contributed by atoms with Crippen LogP contribution in [0.25, 0.3) is 11.0 Å². The monoisotopic (exact) mass is 208 g/mol. The van der Waals surface area contributed by atoms with Crippen LogP contribution in [-0.4, -0.2) is 10.0 Å². The van der Waals surface area contributed by atoms with Crippen LogP contribution in [0.2, 0.25) is 0 Å². The molecule has 0 unspecified atom stereocenters. The van der Waals surface area contributed by atoms with E-state index in [-0.39, 0.29) is 21.6 Å². The molecule has 1 aromatic heterocycles. The summed E-state index contributed by atoms with van der Waals surface area (Å²) in [6.45, 7) is 0. The van der Waals surface area contributed by atoms with Crippen molar-refractivity contribution in [2.45, 2.75) is 0 Å². The molecule has 0 spiro atoms. The third kappa shape index (κ3) is 1.37. The first kappa shape index (κ1) is 9.06. The van der Waals surface area contributed by atoms with E-state index in [9.17, 15) is 20.5 Å². The van der Waals surface area contributed by atoms with Crippen molar-refractivity contribution in [3.05, 3.63) is 45.1 Å². The summed E-state index contributed by atoms with van der Waals surface area (Å²) >= 11 is 0. The van der Waals surface area contributed by atoms with E-state index in [0.717, 1.165) is 18.5 Å². The van der Waals surface area contributed by atoms with Crippen LogP contribution in [0.5, 0.6) is 0 Å². The third-order valence-electron chi connectivity index (χ3n) is 1.87. The first-order chi connectivity index (χ1) is 7.09. The number of nitrogens with zero attached hydrogens (tertiary/aromatic N) is 4. The first-order valence-electron chi connectivity index (χ1n) is 3.86. The predicted molar refractivity (Wildman–Crippen MR) is 46.3 cm³/mol. The summed E-state index contributed by atoms with van der Waals surface area (Å²) in [5.74, 6) is 0. The second-order valence-electron chi connectivity index (χ2n) is 2.76. The smallest absolute Gasteiger partial charge is 0.365 e. The molecular weight excluding hydrogens is 204 g/mol. The van der Waals surface area contributed by atoms with Crippen LogP contribution in [0.1, 0.15) is 0 Å². The Balaban J connectivity index is 2.81. The van der Waals surface area contributed by atoms with Gasteiger partial charge < -0.3 is 10.4 Å². The lowest BCUT2D eigenvalue weighted by molar-refractivity contribution is -0.680. The SMILES string of the molecule is O=[N+]([O-])c1ccc2c(c1)[n+]([O-])nc[n+]2[O-]. The van der Waals surface area contributed by atoms with Gasteiger partial charge in [-0.3, -0.25) is 10.1 Å². The van der Waals surface area contributed by atoms with Crippen LogP contribution in [-0.2, 0) is 0 Å². The van der Waals surface area contributed by atoms with E-state index in [2.05, 4.69) is 5.10 Å². The van der Waals surface area contributed by atoms with E-state index >= 15 is 0 Å². The highest BCUT2D eigenvalue weighted by Crippen LogP contribution is 2.14. The van der Waals surface area contributed by atoms with Crippen LogP contribution in [0.4, 0.5) is 5.69 Å². The zero-order valence-corrected chi connectivity index (χ0v) is 7.23. The molecule has 0 atom stereocenters. The van der Waals surface area contributed by atoms with Crippen LogP contribution in [0, 0.1) is 20.5 Å². The molecule has 0 aliphatic carbocycles. The number of nitro groups is 1. The normalized spacial score (nSPS) is 10.4. The van der Waals surface area contributed by atoms with Crippen molar-refractivity contribution < 1.29 is 14.5 Å². The summed E-state index contributed by atoms with van der Waals surface area (Å²) in [6, 6.07) is 3.36. The number of hydrogen-bond acceptors (Lipinski definition) is 5. The van der Waals surface area contributed by atoms with E-state index in [1.165, 1.54) is 6.07 Å². The van der Waals surface area contributed by atoms with E-state index in [1.807, 2.05) is 0 Å². The highest BCUT2D eigenvalue weighted by atomic mass is 16.6. The molecule has 0 saturated carbocycles. The topological polar surface area (TPSA) is 110 Å². The number of nitro benzene ring substituents is 1. The molecule has 8 nitrogen and oxygen atoms in total. The quantitative estimate of drug-likeness (QED) is 0.269. The minimum Gasteiger partial charge on any atom is -0.710 e. The fourth-order valence-corrected chi connectivity index (χ4v) is 1.18. The number of fused-ring (bicyclic) bond motifs is 1. The predicted octanol–water partition coefficient (Wildman–Crippen LogP) is -0.590. The molecule has 2 rings (SSSR count). The van der Waals surface area contributed by atoms with Gasteiger partial charge in [-0.05, 0) is 6.07 Å². The highest BCUT2D eigenvalue weighted by molar-refractivity contribution is 5.70. The van der Waals surface area contributed by atoms with E-state index in [1.54, 1.807) is 0 Å². The Labute approximate surface area is 82.3 Å². The van der Waals surface area contributed by atoms with Crippen molar-refractivity contribution in [1.82, 2.24) is 5.10 Å². The molecule has 0 fully saturated rings. The van der Waals surface area contributed by atoms with Crippen molar-refractivity contribution in [1.29, 1.82) is 0 Å². The maximum absolute atomic E-state index is 11.1. The fraction of sp³-hybridized carbons (Fsp3) is 0. The van der Waals surface area contributed by atoms with Gasteiger partial charge in [0.1, 0.15) is 0 Å². The number of benzene rings is 1. The summed E-state index contributed by atoms with van der Waals surface area (Å²) in [5, 5.41) is 35.9. The molecule has 2 aromatic rings. The largest absolute Gasteiger partial charge is 0.710 e. The summed E-state index contributed by atoms with van der Waals surface area (Å²) in [6.07, 6.45) is 0.793. The van der Waals surface area contributed by atoms with Gasteiger partial charge in [-0.25, -0.2) is 4.73 Å². The minimum atomic E-state index is -0.651. The Morgan fingerprint density at radius 3 is 2.67 bits per heavy atom. The maximum atomic E-state index is 11.1. The first-order valence-corrected chi connectivity index (χ1v) is 3.86. The lowest BCUT2D eigenvalue weighted by Gasteiger charge is -2.01. The van der Waals surface area contributed by atoms with Crippen LogP contribution in [0.3, 0.4) is 0 Å². The Morgan fingerprint density at radius 2 is 2.00 bits per heavy atom. The van der Waals surface area contributed by atoms with Crippen molar-refractivity contribution in [2.75, 3.05) is 0 Å². The van der Waals surface area contributed by atoms with E-state index in [4.69, 9.17) is 0 Å². The zero-order valence-electron chi connectivity index (χ0n) is 7.23. The van der Waals surface area contributed by atoms with Gasteiger partial charge in [-0.1, -0.05) is 0 Å². The Bertz CT molecular complexity index is 556. The average Bonchev–Trinajstić information content (AvgIpc) is 2.23. The van der Waals surface area contributed by atoms with Crippen molar-refractivity contribution in [3.63, 3.8) is 0 Å². The molecule has 0 saturated heterocycles. The minimum absolute atomic E-state index is 0.0330. The fourth-order valence-electron chi connectivity index (χ4n) is 1.18. The number of aromatic nitrogens is 3. The Kier molecular flexibility index (Phi) is 1.82. The Morgan fingerprint density at radius 1 is 1.27 bits per heavy atom. The van der Waals surface area contributed by atoms with Crippen LogP contribution >= 0.6 is 0 Å². The van der Waals surface area contributed by atoms with Crippen molar-refractivity contribution >= 4 is 16.7 Å². The summed E-state index contributed by atoms with van der Waals surface area (Å²) < 4.78 is 0.369. The molecule has 0 amide bonds. The van der Waals surface area contributed by atoms with Gasteiger partial charge in [-0.2, -0.15) is 0 Å². The molecule has 1 heterocycles. The number of rotatable bonds is 1. The molecule has 8 heteroatoms. The van der Waals surface area contributed by atoms with Gasteiger partial charge in [0.25, 0.3) is 5.69 Å². The molecular formula is C7H4N4O4.